The second-order valence-corrected chi connectivity index (χ2v) is 5.09. The minimum absolute atomic E-state index is 0.582. The van der Waals surface area contributed by atoms with Gasteiger partial charge in [-0.3, -0.25) is 4.79 Å². The van der Waals surface area contributed by atoms with Crippen LogP contribution in [0.4, 0.5) is 0 Å². The van der Waals surface area contributed by atoms with Gasteiger partial charge in [0, 0.05) is 0 Å². The summed E-state index contributed by atoms with van der Waals surface area (Å²) in [6, 6.07) is 7.72. The lowest BCUT2D eigenvalue weighted by atomic mass is 10.1. The third kappa shape index (κ3) is 5.09. The van der Waals surface area contributed by atoms with Crippen molar-refractivity contribution in [2.45, 2.75) is 32.4 Å². The van der Waals surface area contributed by atoms with E-state index >= 15 is 0 Å². The molecule has 0 aromatic heterocycles. The largest absolute Gasteiger partial charge is 0.458 e. The number of ether oxygens (including phenoxy) is 1. The summed E-state index contributed by atoms with van der Waals surface area (Å²) in [5.74, 6) is -1.32. The van der Waals surface area contributed by atoms with Crippen molar-refractivity contribution >= 4 is 11.9 Å². The third-order valence-corrected chi connectivity index (χ3v) is 2.21. The number of hydrogen-bond donors (Lipinski definition) is 1. The van der Waals surface area contributed by atoms with E-state index in [4.69, 9.17) is 4.74 Å². The highest BCUT2D eigenvalue weighted by molar-refractivity contribution is 5.86. The lowest BCUT2D eigenvalue weighted by Crippen LogP contribution is -2.39. The normalized spacial score (nSPS) is 12.6. The molecule has 1 aromatic carbocycles. The molecule has 0 aliphatic heterocycles. The molecule has 103 valence electrons. The molecule has 1 rings (SSSR count). The molecule has 5 nitrogen and oxygen atoms in total. The zero-order valence-corrected chi connectivity index (χ0v) is 11.3. The Morgan fingerprint density at radius 3 is 2.26 bits per heavy atom. The van der Waals surface area contributed by atoms with E-state index in [-0.39, 0.29) is 0 Å². The monoisotopic (exact) mass is 264 g/mol. The molecule has 1 atom stereocenters. The molecule has 0 aliphatic rings. The first-order valence-electron chi connectivity index (χ1n) is 5.99. The van der Waals surface area contributed by atoms with E-state index in [1.807, 2.05) is 0 Å². The van der Waals surface area contributed by atoms with Gasteiger partial charge in [-0.2, -0.15) is 0 Å². The smallest absolute Gasteiger partial charge is 0.333 e. The van der Waals surface area contributed by atoms with E-state index in [9.17, 15) is 14.7 Å². The van der Waals surface area contributed by atoms with Gasteiger partial charge in [0.1, 0.15) is 5.60 Å². The third-order valence-electron chi connectivity index (χ3n) is 2.21. The van der Waals surface area contributed by atoms with Crippen LogP contribution < -0.4 is 5.32 Å². The highest BCUT2D eigenvalue weighted by Gasteiger charge is 2.27. The van der Waals surface area contributed by atoms with E-state index < -0.39 is 30.1 Å². The van der Waals surface area contributed by atoms with Crippen LogP contribution in [-0.2, 0) is 19.4 Å². The molecular formula is C14H18NO4. The second kappa shape index (κ2) is 6.33. The van der Waals surface area contributed by atoms with Crippen molar-refractivity contribution in [3.8, 4) is 0 Å². The van der Waals surface area contributed by atoms with Crippen LogP contribution in [0.3, 0.4) is 0 Å². The van der Waals surface area contributed by atoms with Crippen molar-refractivity contribution in [2.24, 2.45) is 0 Å². The Morgan fingerprint density at radius 1 is 1.21 bits per heavy atom. The quantitative estimate of drug-likeness (QED) is 0.839. The number of nitrogens with one attached hydrogen (secondary N) is 1. The molecule has 1 N–H and O–H groups in total. The first kappa shape index (κ1) is 15.2. The number of amides is 1. The fraction of sp³-hybridized carbons (Fsp3) is 0.429. The highest BCUT2D eigenvalue weighted by atomic mass is 16.6. The molecule has 1 amide bonds. The van der Waals surface area contributed by atoms with Crippen LogP contribution in [-0.4, -0.2) is 24.1 Å². The molecule has 0 aliphatic carbocycles. The van der Waals surface area contributed by atoms with Crippen molar-refractivity contribution in [1.29, 1.82) is 0 Å². The molecule has 1 aromatic rings. The summed E-state index contributed by atoms with van der Waals surface area (Å²) in [5.41, 5.74) is -0.0784. The summed E-state index contributed by atoms with van der Waals surface area (Å²) < 4.78 is 5.24. The number of hydrogen-bond acceptors (Lipinski definition) is 3. The first-order chi connectivity index (χ1) is 8.83. The van der Waals surface area contributed by atoms with Crippen molar-refractivity contribution in [3.63, 3.8) is 0 Å². The maximum Gasteiger partial charge on any atom is 0.333 e. The van der Waals surface area contributed by atoms with Crippen LogP contribution in [0.25, 0.3) is 0 Å². The molecule has 0 fully saturated rings. The van der Waals surface area contributed by atoms with Gasteiger partial charge < -0.3 is 10.1 Å². The molecule has 0 unspecified atom stereocenters. The fourth-order valence-electron chi connectivity index (χ4n) is 1.49. The molecule has 0 saturated carbocycles. The molecule has 0 heterocycles. The van der Waals surface area contributed by atoms with E-state index in [2.05, 4.69) is 5.32 Å². The number of benzene rings is 1. The van der Waals surface area contributed by atoms with Gasteiger partial charge in [0.25, 0.3) is 0 Å². The Balaban J connectivity index is 2.93. The SMILES string of the molecule is CC(C)(C)OC(=O)[C@H](NC(=O)C[O])c1ccccc1. The average Bonchev–Trinajstić information content (AvgIpc) is 2.34. The summed E-state index contributed by atoms with van der Waals surface area (Å²) >= 11 is 0. The number of carbonyl (C=O) groups is 2. The highest BCUT2D eigenvalue weighted by Crippen LogP contribution is 2.18. The van der Waals surface area contributed by atoms with Crippen molar-refractivity contribution in [2.75, 3.05) is 6.61 Å². The zero-order valence-electron chi connectivity index (χ0n) is 11.3. The van der Waals surface area contributed by atoms with Gasteiger partial charge in [-0.15, -0.1) is 0 Å². The standard InChI is InChI=1S/C14H18NO4/c1-14(2,3)19-13(18)12(15-11(17)9-16)10-7-5-4-6-8-10/h4-8,12H,9H2,1-3H3,(H,15,17)/t12-/m1/s1. The average molecular weight is 264 g/mol. The van der Waals surface area contributed by atoms with Gasteiger partial charge in [0.2, 0.25) is 5.91 Å². The molecule has 0 saturated heterocycles. The van der Waals surface area contributed by atoms with E-state index in [1.54, 1.807) is 51.1 Å². The minimum atomic E-state index is -0.957. The molecule has 0 spiro atoms. The van der Waals surface area contributed by atoms with Crippen LogP contribution in [0.5, 0.6) is 0 Å². The van der Waals surface area contributed by atoms with Gasteiger partial charge in [0.05, 0.1) is 0 Å². The van der Waals surface area contributed by atoms with Crippen LogP contribution in [0.15, 0.2) is 30.3 Å². The van der Waals surface area contributed by atoms with Gasteiger partial charge >= 0.3 is 5.97 Å². The van der Waals surface area contributed by atoms with E-state index in [0.717, 1.165) is 0 Å². The minimum Gasteiger partial charge on any atom is -0.458 e. The summed E-state index contributed by atoms with van der Waals surface area (Å²) in [6.07, 6.45) is 0. The van der Waals surface area contributed by atoms with Crippen LogP contribution in [0.2, 0.25) is 0 Å². The first-order valence-corrected chi connectivity index (χ1v) is 5.99. The van der Waals surface area contributed by atoms with Crippen LogP contribution in [0, 0.1) is 0 Å². The molecule has 19 heavy (non-hydrogen) atoms. The van der Waals surface area contributed by atoms with Gasteiger partial charge in [-0.1, -0.05) is 30.3 Å². The Kier molecular flexibility index (Phi) is 5.06. The Morgan fingerprint density at radius 2 is 1.79 bits per heavy atom. The molecule has 0 bridgehead atoms. The Hall–Kier alpha value is -1.88. The second-order valence-electron chi connectivity index (χ2n) is 5.09. The van der Waals surface area contributed by atoms with E-state index in [0.29, 0.717) is 5.56 Å². The van der Waals surface area contributed by atoms with Crippen molar-refractivity contribution < 1.29 is 19.4 Å². The van der Waals surface area contributed by atoms with Gasteiger partial charge in [-0.25, -0.2) is 9.90 Å². The predicted octanol–water partition coefficient (Wildman–Crippen LogP) is 1.62. The predicted molar refractivity (Wildman–Crippen MR) is 68.7 cm³/mol. The molecule has 5 heteroatoms. The Labute approximate surface area is 112 Å². The number of esters is 1. The molecule has 1 radical (unpaired) electrons. The maximum atomic E-state index is 12.1. The Bertz CT molecular complexity index is 437. The maximum absolute atomic E-state index is 12.1. The summed E-state index contributed by atoms with van der Waals surface area (Å²) in [5, 5.41) is 12.9. The summed E-state index contributed by atoms with van der Waals surface area (Å²) in [4.78, 5) is 23.3. The summed E-state index contributed by atoms with van der Waals surface area (Å²) in [6.45, 7) is 4.29. The fourth-order valence-corrected chi connectivity index (χ4v) is 1.49. The topological polar surface area (TPSA) is 75.3 Å². The number of carbonyl (C=O) groups excluding carboxylic acids is 2. The lowest BCUT2D eigenvalue weighted by Gasteiger charge is -2.24. The van der Waals surface area contributed by atoms with Crippen molar-refractivity contribution in [1.82, 2.24) is 5.32 Å². The number of rotatable bonds is 4. The van der Waals surface area contributed by atoms with E-state index in [1.165, 1.54) is 0 Å². The van der Waals surface area contributed by atoms with Crippen LogP contribution in [0.1, 0.15) is 32.4 Å². The molecular weight excluding hydrogens is 246 g/mol. The van der Waals surface area contributed by atoms with Crippen LogP contribution >= 0.6 is 0 Å². The zero-order chi connectivity index (χ0) is 14.5. The van der Waals surface area contributed by atoms with Crippen molar-refractivity contribution in [3.05, 3.63) is 35.9 Å². The van der Waals surface area contributed by atoms with Gasteiger partial charge in [0.15, 0.2) is 12.6 Å². The van der Waals surface area contributed by atoms with Gasteiger partial charge in [-0.05, 0) is 26.3 Å². The lowest BCUT2D eigenvalue weighted by molar-refractivity contribution is -0.159. The summed E-state index contributed by atoms with van der Waals surface area (Å²) in [7, 11) is 0.